The predicted molar refractivity (Wildman–Crippen MR) is 120 cm³/mol. The molecule has 0 spiro atoms. The number of aryl methyl sites for hydroxylation is 2. The number of nitrogens with zero attached hydrogens (tertiary/aromatic N) is 4. The van der Waals surface area contributed by atoms with Gasteiger partial charge >= 0.3 is 6.09 Å². The Labute approximate surface area is 190 Å². The summed E-state index contributed by atoms with van der Waals surface area (Å²) in [5.74, 6) is 0.537. The van der Waals surface area contributed by atoms with Gasteiger partial charge in [0.05, 0.1) is 12.1 Å². The van der Waals surface area contributed by atoms with E-state index in [1.54, 1.807) is 21.9 Å². The lowest BCUT2D eigenvalue weighted by atomic mass is 10.0. The number of rotatable bonds is 6. The van der Waals surface area contributed by atoms with Crippen molar-refractivity contribution in [2.75, 3.05) is 11.9 Å². The third kappa shape index (κ3) is 4.81. The molecule has 8 nitrogen and oxygen atoms in total. The smallest absolute Gasteiger partial charge is 0.410 e. The van der Waals surface area contributed by atoms with Gasteiger partial charge in [0.15, 0.2) is 6.61 Å². The molecule has 0 fully saturated rings. The lowest BCUT2D eigenvalue weighted by molar-refractivity contribution is -0.116. The van der Waals surface area contributed by atoms with Crippen LogP contribution in [-0.2, 0) is 42.6 Å². The fourth-order valence-electron chi connectivity index (χ4n) is 3.61. The third-order valence-electron chi connectivity index (χ3n) is 5.41. The highest BCUT2D eigenvalue weighted by atomic mass is 32.1. The van der Waals surface area contributed by atoms with Crippen LogP contribution in [0.2, 0.25) is 0 Å². The molecule has 32 heavy (non-hydrogen) atoms. The van der Waals surface area contributed by atoms with Gasteiger partial charge in [0.1, 0.15) is 16.9 Å². The zero-order chi connectivity index (χ0) is 22.5. The van der Waals surface area contributed by atoms with Crippen LogP contribution in [0, 0.1) is 11.3 Å². The molecule has 0 unspecified atom stereocenters. The molecule has 1 aromatic carbocycles. The molecule has 1 aliphatic heterocycles. The molecule has 2 amide bonds. The maximum Gasteiger partial charge on any atom is 0.410 e. The summed E-state index contributed by atoms with van der Waals surface area (Å²) in [6, 6.07) is 12.0. The van der Waals surface area contributed by atoms with E-state index in [2.05, 4.69) is 16.4 Å². The quantitative estimate of drug-likeness (QED) is 0.620. The van der Waals surface area contributed by atoms with Crippen LogP contribution in [-0.4, -0.2) is 33.0 Å². The van der Waals surface area contributed by atoms with E-state index in [9.17, 15) is 14.9 Å². The first kappa shape index (κ1) is 21.6. The monoisotopic (exact) mass is 449 g/mol. The number of benzene rings is 1. The Bertz CT molecular complexity index is 1160. The molecular formula is C23H23N5O3S. The van der Waals surface area contributed by atoms with Gasteiger partial charge in [-0.1, -0.05) is 30.3 Å². The number of hydrogen-bond acceptors (Lipinski definition) is 6. The minimum absolute atomic E-state index is 0.0995. The van der Waals surface area contributed by atoms with Crippen LogP contribution in [0.15, 0.2) is 42.7 Å². The topological polar surface area (TPSA) is 100 Å². The van der Waals surface area contributed by atoms with Crippen molar-refractivity contribution in [3.05, 3.63) is 70.1 Å². The Hall–Kier alpha value is -3.64. The highest BCUT2D eigenvalue weighted by molar-refractivity contribution is 7.16. The van der Waals surface area contributed by atoms with Crippen molar-refractivity contribution in [3.8, 4) is 6.07 Å². The zero-order valence-corrected chi connectivity index (χ0v) is 18.5. The number of ether oxygens (including phenoxy) is 1. The van der Waals surface area contributed by atoms with Crippen LogP contribution < -0.4 is 5.32 Å². The van der Waals surface area contributed by atoms with E-state index in [-0.39, 0.29) is 12.5 Å². The lowest BCUT2D eigenvalue weighted by Gasteiger charge is -2.26. The fourth-order valence-corrected chi connectivity index (χ4v) is 4.84. The predicted octanol–water partition coefficient (Wildman–Crippen LogP) is 3.62. The number of carbonyl (C=O) groups is 2. The molecule has 0 atom stereocenters. The Balaban J connectivity index is 1.37. The number of carbonyl (C=O) groups excluding carboxylic acids is 2. The molecule has 0 radical (unpaired) electrons. The van der Waals surface area contributed by atoms with E-state index in [4.69, 9.17) is 4.74 Å². The van der Waals surface area contributed by atoms with Crippen LogP contribution in [0.1, 0.15) is 33.8 Å². The van der Waals surface area contributed by atoms with Gasteiger partial charge in [-0.2, -0.15) is 5.26 Å². The van der Waals surface area contributed by atoms with Crippen molar-refractivity contribution in [1.82, 2.24) is 14.5 Å². The van der Waals surface area contributed by atoms with Gasteiger partial charge in [0, 0.05) is 37.3 Å². The molecule has 3 heterocycles. The van der Waals surface area contributed by atoms with E-state index >= 15 is 0 Å². The first-order valence-corrected chi connectivity index (χ1v) is 11.1. The molecule has 2 aromatic heterocycles. The van der Waals surface area contributed by atoms with Gasteiger partial charge in [-0.3, -0.25) is 4.79 Å². The molecule has 0 aliphatic carbocycles. The second-order valence-electron chi connectivity index (χ2n) is 7.53. The molecule has 0 saturated carbocycles. The number of hydrogen-bond donors (Lipinski definition) is 1. The van der Waals surface area contributed by atoms with Gasteiger partial charge in [-0.05, 0) is 24.0 Å². The average Bonchev–Trinajstić information content (AvgIpc) is 3.38. The minimum Gasteiger partial charge on any atom is -0.441 e. The summed E-state index contributed by atoms with van der Waals surface area (Å²) in [5, 5.41) is 13.1. The Morgan fingerprint density at radius 1 is 1.31 bits per heavy atom. The molecular weight excluding hydrogens is 426 g/mol. The molecule has 164 valence electrons. The third-order valence-corrected chi connectivity index (χ3v) is 6.54. The van der Waals surface area contributed by atoms with Crippen molar-refractivity contribution in [3.63, 3.8) is 0 Å². The molecule has 1 aliphatic rings. The van der Waals surface area contributed by atoms with Crippen molar-refractivity contribution in [1.29, 1.82) is 5.26 Å². The zero-order valence-electron chi connectivity index (χ0n) is 17.7. The Kier molecular flexibility index (Phi) is 6.52. The SMILES string of the molecule is Cn1ccnc1COC(=O)N1CCc2c(sc(NC(=O)CCc3ccccc3)c2C#N)C1. The van der Waals surface area contributed by atoms with E-state index in [0.29, 0.717) is 48.7 Å². The number of aromatic nitrogens is 2. The van der Waals surface area contributed by atoms with E-state index in [1.165, 1.54) is 11.3 Å². The van der Waals surface area contributed by atoms with Crippen LogP contribution >= 0.6 is 11.3 Å². The number of anilines is 1. The largest absolute Gasteiger partial charge is 0.441 e. The maximum absolute atomic E-state index is 12.5. The molecule has 4 rings (SSSR count). The van der Waals surface area contributed by atoms with Crippen LogP contribution in [0.3, 0.4) is 0 Å². The van der Waals surface area contributed by atoms with Gasteiger partial charge in [0.2, 0.25) is 5.91 Å². The number of thiophene rings is 1. The summed E-state index contributed by atoms with van der Waals surface area (Å²) in [5.41, 5.74) is 2.50. The summed E-state index contributed by atoms with van der Waals surface area (Å²) in [4.78, 5) is 31.6. The van der Waals surface area contributed by atoms with Crippen molar-refractivity contribution in [2.24, 2.45) is 7.05 Å². The maximum atomic E-state index is 12.5. The summed E-state index contributed by atoms with van der Waals surface area (Å²) in [6.45, 7) is 0.912. The van der Waals surface area contributed by atoms with E-state index in [0.717, 1.165) is 16.0 Å². The van der Waals surface area contributed by atoms with Crippen LogP contribution in [0.25, 0.3) is 0 Å². The van der Waals surface area contributed by atoms with Crippen LogP contribution in [0.4, 0.5) is 9.80 Å². The van der Waals surface area contributed by atoms with Crippen molar-refractivity contribution in [2.45, 2.75) is 32.4 Å². The van der Waals surface area contributed by atoms with Crippen LogP contribution in [0.5, 0.6) is 0 Å². The van der Waals surface area contributed by atoms with Crippen molar-refractivity contribution >= 4 is 28.3 Å². The number of fused-ring (bicyclic) bond motifs is 1. The van der Waals surface area contributed by atoms with Gasteiger partial charge in [-0.15, -0.1) is 11.3 Å². The highest BCUT2D eigenvalue weighted by Crippen LogP contribution is 2.37. The second-order valence-corrected chi connectivity index (χ2v) is 8.64. The molecule has 3 aromatic rings. The molecule has 0 bridgehead atoms. The Morgan fingerprint density at radius 2 is 2.12 bits per heavy atom. The second kappa shape index (κ2) is 9.66. The number of nitrogens with one attached hydrogen (secondary N) is 1. The minimum atomic E-state index is -0.418. The first-order chi connectivity index (χ1) is 15.5. The number of nitriles is 1. The standard InChI is InChI=1S/C23H23N5O3S/c1-27-12-10-25-20(27)15-31-23(30)28-11-9-17-18(13-24)22(32-19(17)14-28)26-21(29)8-7-16-5-3-2-4-6-16/h2-6,10,12H,7-9,11,14-15H2,1H3,(H,26,29). The summed E-state index contributed by atoms with van der Waals surface area (Å²) >= 11 is 1.36. The summed E-state index contributed by atoms with van der Waals surface area (Å²) in [7, 11) is 1.84. The summed E-state index contributed by atoms with van der Waals surface area (Å²) in [6.07, 6.45) is 4.55. The van der Waals surface area contributed by atoms with E-state index < -0.39 is 6.09 Å². The molecule has 1 N–H and O–H groups in total. The number of amides is 2. The lowest BCUT2D eigenvalue weighted by Crippen LogP contribution is -2.36. The van der Waals surface area contributed by atoms with Gasteiger partial charge in [0.25, 0.3) is 0 Å². The van der Waals surface area contributed by atoms with Gasteiger partial charge < -0.3 is 19.5 Å². The van der Waals surface area contributed by atoms with Crippen molar-refractivity contribution < 1.29 is 14.3 Å². The van der Waals surface area contributed by atoms with E-state index in [1.807, 2.05) is 37.4 Å². The number of imidazole rings is 1. The average molecular weight is 450 g/mol. The highest BCUT2D eigenvalue weighted by Gasteiger charge is 2.28. The van der Waals surface area contributed by atoms with Gasteiger partial charge in [-0.25, -0.2) is 9.78 Å². The fraction of sp³-hybridized carbons (Fsp3) is 0.304. The Morgan fingerprint density at radius 3 is 2.84 bits per heavy atom. The summed E-state index contributed by atoms with van der Waals surface area (Å²) < 4.78 is 7.20. The first-order valence-electron chi connectivity index (χ1n) is 10.3. The molecule has 0 saturated heterocycles. The normalized spacial score (nSPS) is 12.7. The molecule has 9 heteroatoms.